The topological polar surface area (TPSA) is 32.8 Å². The van der Waals surface area contributed by atoms with Gasteiger partial charge in [-0.3, -0.25) is 4.90 Å². The Labute approximate surface area is 136 Å². The molecule has 4 heteroatoms. The number of ether oxygens (including phenoxy) is 1. The molecule has 0 aliphatic carbocycles. The number of hydrogen-bond acceptors (Lipinski definition) is 2. The van der Waals surface area contributed by atoms with Gasteiger partial charge in [0.25, 0.3) is 0 Å². The molecule has 23 heavy (non-hydrogen) atoms. The zero-order valence-electron chi connectivity index (χ0n) is 13.2. The van der Waals surface area contributed by atoms with E-state index >= 15 is 0 Å². The van der Waals surface area contributed by atoms with Crippen LogP contribution < -0.4 is 9.64 Å². The lowest BCUT2D eigenvalue weighted by atomic mass is 10.2. The van der Waals surface area contributed by atoms with Crippen molar-refractivity contribution in [3.63, 3.8) is 0 Å². The molecule has 0 saturated carbocycles. The summed E-state index contributed by atoms with van der Waals surface area (Å²) in [5.41, 5.74) is 1.98. The van der Waals surface area contributed by atoms with E-state index in [9.17, 15) is 4.79 Å². The number of rotatable bonds is 5. The molecule has 0 bridgehead atoms. The first-order chi connectivity index (χ1) is 11.2. The summed E-state index contributed by atoms with van der Waals surface area (Å²) in [5.74, 6) is 0.775. The van der Waals surface area contributed by atoms with E-state index in [-0.39, 0.29) is 12.1 Å². The van der Waals surface area contributed by atoms with Gasteiger partial charge in [0.05, 0.1) is 13.2 Å². The third-order valence-corrected chi connectivity index (χ3v) is 4.05. The van der Waals surface area contributed by atoms with Gasteiger partial charge in [-0.05, 0) is 29.8 Å². The van der Waals surface area contributed by atoms with Crippen molar-refractivity contribution in [2.24, 2.45) is 0 Å². The Morgan fingerprint density at radius 2 is 1.87 bits per heavy atom. The number of anilines is 1. The first-order valence-corrected chi connectivity index (χ1v) is 7.61. The van der Waals surface area contributed by atoms with Gasteiger partial charge in [0.2, 0.25) is 0 Å². The maximum atomic E-state index is 12.8. The van der Waals surface area contributed by atoms with Crippen molar-refractivity contribution < 1.29 is 9.53 Å². The van der Waals surface area contributed by atoms with Crippen molar-refractivity contribution in [1.29, 1.82) is 0 Å². The lowest BCUT2D eigenvalue weighted by Crippen LogP contribution is -2.34. The Bertz CT molecular complexity index is 682. The summed E-state index contributed by atoms with van der Waals surface area (Å²) in [4.78, 5) is 16.4. The van der Waals surface area contributed by atoms with E-state index in [1.165, 1.54) is 0 Å². The summed E-state index contributed by atoms with van der Waals surface area (Å²) < 4.78 is 5.18. The largest absolute Gasteiger partial charge is 0.497 e. The second kappa shape index (κ2) is 6.57. The molecule has 0 spiro atoms. The van der Waals surface area contributed by atoms with E-state index in [2.05, 4.69) is 6.58 Å². The van der Waals surface area contributed by atoms with E-state index in [1.54, 1.807) is 12.0 Å². The SMILES string of the molecule is C=C[C@H]1CN(Cc2ccccc2)C(=O)N1c1ccc(OC)cc1. The fraction of sp³-hybridized carbons (Fsp3) is 0.211. The molecule has 4 nitrogen and oxygen atoms in total. The van der Waals surface area contributed by atoms with Gasteiger partial charge in [-0.15, -0.1) is 6.58 Å². The second-order valence-corrected chi connectivity index (χ2v) is 5.52. The fourth-order valence-electron chi connectivity index (χ4n) is 2.84. The molecule has 118 valence electrons. The van der Waals surface area contributed by atoms with Crippen molar-refractivity contribution in [2.75, 3.05) is 18.6 Å². The molecule has 1 saturated heterocycles. The summed E-state index contributed by atoms with van der Waals surface area (Å²) in [6.07, 6.45) is 1.83. The third-order valence-electron chi connectivity index (χ3n) is 4.05. The molecule has 1 aliphatic heterocycles. The molecule has 2 aromatic rings. The number of amides is 2. The molecular formula is C19H20N2O2. The van der Waals surface area contributed by atoms with Crippen LogP contribution in [0.25, 0.3) is 0 Å². The monoisotopic (exact) mass is 308 g/mol. The Kier molecular flexibility index (Phi) is 4.33. The lowest BCUT2D eigenvalue weighted by Gasteiger charge is -2.21. The van der Waals surface area contributed by atoms with E-state index in [1.807, 2.05) is 65.6 Å². The van der Waals surface area contributed by atoms with Crippen LogP contribution in [0, 0.1) is 0 Å². The summed E-state index contributed by atoms with van der Waals surface area (Å²) in [6.45, 7) is 5.13. The Morgan fingerprint density at radius 1 is 1.17 bits per heavy atom. The van der Waals surface area contributed by atoms with Crippen LogP contribution in [-0.4, -0.2) is 30.6 Å². The maximum absolute atomic E-state index is 12.8. The average molecular weight is 308 g/mol. The van der Waals surface area contributed by atoms with Crippen molar-refractivity contribution in [2.45, 2.75) is 12.6 Å². The number of hydrogen-bond donors (Lipinski definition) is 0. The molecule has 0 unspecified atom stereocenters. The zero-order valence-corrected chi connectivity index (χ0v) is 13.2. The number of urea groups is 1. The fourth-order valence-corrected chi connectivity index (χ4v) is 2.84. The highest BCUT2D eigenvalue weighted by Crippen LogP contribution is 2.28. The molecule has 0 N–H and O–H groups in total. The van der Waals surface area contributed by atoms with Crippen LogP contribution in [0.15, 0.2) is 67.3 Å². The molecular weight excluding hydrogens is 288 g/mol. The molecule has 2 amide bonds. The average Bonchev–Trinajstić information content (AvgIpc) is 2.92. The van der Waals surface area contributed by atoms with E-state index in [0.29, 0.717) is 13.1 Å². The number of benzene rings is 2. The lowest BCUT2D eigenvalue weighted by molar-refractivity contribution is 0.218. The van der Waals surface area contributed by atoms with Gasteiger partial charge >= 0.3 is 6.03 Å². The molecule has 0 aromatic heterocycles. The minimum atomic E-state index is -0.0281. The Hall–Kier alpha value is -2.75. The van der Waals surface area contributed by atoms with Gasteiger partial charge in [-0.2, -0.15) is 0 Å². The Morgan fingerprint density at radius 3 is 2.48 bits per heavy atom. The number of nitrogens with zero attached hydrogens (tertiary/aromatic N) is 2. The van der Waals surface area contributed by atoms with Gasteiger partial charge in [0, 0.05) is 18.8 Å². The third kappa shape index (κ3) is 3.06. The quantitative estimate of drug-likeness (QED) is 0.789. The highest BCUT2D eigenvalue weighted by Gasteiger charge is 2.36. The van der Waals surface area contributed by atoms with Crippen molar-refractivity contribution >= 4 is 11.7 Å². The number of carbonyl (C=O) groups is 1. The van der Waals surface area contributed by atoms with Gasteiger partial charge in [0.1, 0.15) is 5.75 Å². The van der Waals surface area contributed by atoms with Crippen LogP contribution in [0.2, 0.25) is 0 Å². The highest BCUT2D eigenvalue weighted by molar-refractivity contribution is 5.95. The predicted molar refractivity (Wildman–Crippen MR) is 91.7 cm³/mol. The van der Waals surface area contributed by atoms with E-state index < -0.39 is 0 Å². The van der Waals surface area contributed by atoms with Crippen LogP contribution in [-0.2, 0) is 6.54 Å². The first kappa shape index (κ1) is 15.2. The standard InChI is InChI=1S/C19H20N2O2/c1-3-16-14-20(13-15-7-5-4-6-8-15)19(22)21(16)17-9-11-18(23-2)12-10-17/h3-12,16H,1,13-14H2,2H3/t16-/m0/s1. The van der Waals surface area contributed by atoms with Crippen LogP contribution >= 0.6 is 0 Å². The number of carbonyl (C=O) groups excluding carboxylic acids is 1. The Balaban J connectivity index is 1.82. The molecule has 0 radical (unpaired) electrons. The second-order valence-electron chi connectivity index (χ2n) is 5.52. The molecule has 1 aliphatic rings. The molecule has 2 aromatic carbocycles. The van der Waals surface area contributed by atoms with Gasteiger partial charge < -0.3 is 9.64 Å². The van der Waals surface area contributed by atoms with Gasteiger partial charge in [-0.1, -0.05) is 36.4 Å². The van der Waals surface area contributed by atoms with E-state index in [4.69, 9.17) is 4.74 Å². The zero-order chi connectivity index (χ0) is 16.2. The molecule has 1 fully saturated rings. The van der Waals surface area contributed by atoms with Crippen LogP contribution in [0.1, 0.15) is 5.56 Å². The summed E-state index contributed by atoms with van der Waals surface area (Å²) in [6, 6.07) is 17.5. The smallest absolute Gasteiger partial charge is 0.325 e. The first-order valence-electron chi connectivity index (χ1n) is 7.61. The van der Waals surface area contributed by atoms with Gasteiger partial charge in [0.15, 0.2) is 0 Å². The van der Waals surface area contributed by atoms with Crippen LogP contribution in [0.4, 0.5) is 10.5 Å². The van der Waals surface area contributed by atoms with Crippen molar-refractivity contribution in [3.8, 4) is 5.75 Å². The minimum Gasteiger partial charge on any atom is -0.497 e. The van der Waals surface area contributed by atoms with E-state index in [0.717, 1.165) is 17.0 Å². The van der Waals surface area contributed by atoms with Crippen LogP contribution in [0.3, 0.4) is 0 Å². The van der Waals surface area contributed by atoms with Crippen molar-refractivity contribution in [1.82, 2.24) is 4.90 Å². The normalized spacial score (nSPS) is 17.4. The molecule has 3 rings (SSSR count). The maximum Gasteiger partial charge on any atom is 0.325 e. The summed E-state index contributed by atoms with van der Waals surface area (Å²) in [5, 5.41) is 0. The molecule has 1 atom stereocenters. The van der Waals surface area contributed by atoms with Crippen LogP contribution in [0.5, 0.6) is 5.75 Å². The summed E-state index contributed by atoms with van der Waals surface area (Å²) in [7, 11) is 1.63. The predicted octanol–water partition coefficient (Wildman–Crippen LogP) is 3.69. The minimum absolute atomic E-state index is 0.00363. The van der Waals surface area contributed by atoms with Gasteiger partial charge in [-0.25, -0.2) is 4.79 Å². The molecule has 1 heterocycles. The summed E-state index contributed by atoms with van der Waals surface area (Å²) >= 11 is 0. The number of methoxy groups -OCH3 is 1. The van der Waals surface area contributed by atoms with Crippen molar-refractivity contribution in [3.05, 3.63) is 72.8 Å². The highest BCUT2D eigenvalue weighted by atomic mass is 16.5.